The van der Waals surface area contributed by atoms with Gasteiger partial charge in [0.1, 0.15) is 0 Å². The van der Waals surface area contributed by atoms with Crippen molar-refractivity contribution in [3.63, 3.8) is 0 Å². The van der Waals surface area contributed by atoms with Crippen molar-refractivity contribution in [1.29, 1.82) is 0 Å². The molecule has 1 saturated heterocycles. The molecule has 100 valence electrons. The molecule has 1 aromatic heterocycles. The molecule has 2 fully saturated rings. The molecule has 5 nitrogen and oxygen atoms in total. The van der Waals surface area contributed by atoms with E-state index in [1.54, 1.807) is 0 Å². The lowest BCUT2D eigenvalue weighted by atomic mass is 9.90. The summed E-state index contributed by atoms with van der Waals surface area (Å²) in [5.74, 6) is -0.265. The number of hydrogen-bond acceptors (Lipinski definition) is 4. The number of anilines is 1. The van der Waals surface area contributed by atoms with Crippen molar-refractivity contribution in [3.8, 4) is 0 Å². The summed E-state index contributed by atoms with van der Waals surface area (Å²) in [4.78, 5) is 0. The molecule has 2 heterocycles. The summed E-state index contributed by atoms with van der Waals surface area (Å²) in [7, 11) is 0. The summed E-state index contributed by atoms with van der Waals surface area (Å²) in [5, 5.41) is 10.8. The quantitative estimate of drug-likeness (QED) is 0.845. The molecule has 1 aliphatic heterocycles. The number of nitrogens with one attached hydrogen (secondary N) is 2. The highest BCUT2D eigenvalue weighted by molar-refractivity contribution is 5.52. The van der Waals surface area contributed by atoms with E-state index in [1.165, 1.54) is 0 Å². The van der Waals surface area contributed by atoms with Crippen LogP contribution in [0.4, 0.5) is 5.69 Å². The zero-order valence-corrected chi connectivity index (χ0v) is 11.1. The third-order valence-electron chi connectivity index (χ3n) is 4.04. The van der Waals surface area contributed by atoms with E-state index in [4.69, 9.17) is 9.47 Å². The Morgan fingerprint density at radius 1 is 1.22 bits per heavy atom. The number of rotatable bonds is 2. The molecule has 3 rings (SSSR count). The van der Waals surface area contributed by atoms with E-state index in [9.17, 15) is 0 Å². The summed E-state index contributed by atoms with van der Waals surface area (Å²) < 4.78 is 11.5. The second kappa shape index (κ2) is 4.55. The minimum Gasteiger partial charge on any atom is -0.379 e. The number of nitrogens with zero attached hydrogens (tertiary/aromatic N) is 1. The summed E-state index contributed by atoms with van der Waals surface area (Å²) >= 11 is 0. The van der Waals surface area contributed by atoms with E-state index < -0.39 is 0 Å². The SMILES string of the molecule is Cc1n[nH]c(C)c1NC1CCC2(CC1)OCCO2. The predicted octanol–water partition coefficient (Wildman–Crippen LogP) is 2.12. The van der Waals surface area contributed by atoms with Gasteiger partial charge in [0.25, 0.3) is 0 Å². The molecule has 2 aliphatic rings. The maximum absolute atomic E-state index is 5.74. The number of aromatic nitrogens is 2. The van der Waals surface area contributed by atoms with E-state index in [-0.39, 0.29) is 5.79 Å². The minimum atomic E-state index is -0.265. The minimum absolute atomic E-state index is 0.265. The first-order valence-electron chi connectivity index (χ1n) is 6.75. The summed E-state index contributed by atoms with van der Waals surface area (Å²) in [5.41, 5.74) is 3.31. The van der Waals surface area contributed by atoms with Crippen LogP contribution >= 0.6 is 0 Å². The van der Waals surface area contributed by atoms with E-state index in [2.05, 4.69) is 22.4 Å². The van der Waals surface area contributed by atoms with Gasteiger partial charge in [-0.15, -0.1) is 0 Å². The Morgan fingerprint density at radius 2 is 1.89 bits per heavy atom. The molecular weight excluding hydrogens is 230 g/mol. The molecule has 18 heavy (non-hydrogen) atoms. The molecule has 5 heteroatoms. The van der Waals surface area contributed by atoms with Crippen LogP contribution in [-0.2, 0) is 9.47 Å². The van der Waals surface area contributed by atoms with Gasteiger partial charge in [-0.2, -0.15) is 5.10 Å². The molecular formula is C13H21N3O2. The Balaban J connectivity index is 1.60. The van der Waals surface area contributed by atoms with Crippen molar-refractivity contribution < 1.29 is 9.47 Å². The van der Waals surface area contributed by atoms with E-state index >= 15 is 0 Å². The molecule has 1 spiro atoms. The number of H-pyrrole nitrogens is 1. The van der Waals surface area contributed by atoms with Crippen LogP contribution in [0.5, 0.6) is 0 Å². The smallest absolute Gasteiger partial charge is 0.168 e. The normalized spacial score (nSPS) is 23.7. The summed E-state index contributed by atoms with van der Waals surface area (Å²) in [6.45, 7) is 5.57. The van der Waals surface area contributed by atoms with Crippen molar-refractivity contribution >= 4 is 5.69 Å². The molecule has 1 aliphatic carbocycles. The monoisotopic (exact) mass is 251 g/mol. The Morgan fingerprint density at radius 3 is 2.44 bits per heavy atom. The molecule has 1 aromatic rings. The molecule has 0 unspecified atom stereocenters. The highest BCUT2D eigenvalue weighted by Crippen LogP contribution is 2.37. The Hall–Kier alpha value is -1.07. The third kappa shape index (κ3) is 2.12. The Bertz CT molecular complexity index is 394. The molecule has 0 aromatic carbocycles. The van der Waals surface area contributed by atoms with Crippen molar-refractivity contribution in [3.05, 3.63) is 11.4 Å². The van der Waals surface area contributed by atoms with Gasteiger partial charge in [-0.1, -0.05) is 0 Å². The fourth-order valence-electron chi connectivity index (χ4n) is 2.96. The third-order valence-corrected chi connectivity index (χ3v) is 4.04. The maximum Gasteiger partial charge on any atom is 0.168 e. The Labute approximate surface area is 107 Å². The van der Waals surface area contributed by atoms with Gasteiger partial charge >= 0.3 is 0 Å². The lowest BCUT2D eigenvalue weighted by Gasteiger charge is -2.36. The fraction of sp³-hybridized carbons (Fsp3) is 0.769. The molecule has 1 saturated carbocycles. The van der Waals surface area contributed by atoms with Gasteiger partial charge in [0.05, 0.1) is 30.3 Å². The highest BCUT2D eigenvalue weighted by Gasteiger charge is 2.40. The highest BCUT2D eigenvalue weighted by atomic mass is 16.7. The number of aryl methyl sites for hydroxylation is 2. The van der Waals surface area contributed by atoms with Crippen molar-refractivity contribution in [2.24, 2.45) is 0 Å². The van der Waals surface area contributed by atoms with Crippen LogP contribution in [0.15, 0.2) is 0 Å². The number of hydrogen-bond donors (Lipinski definition) is 2. The Kier molecular flexibility index (Phi) is 3.03. The maximum atomic E-state index is 5.74. The van der Waals surface area contributed by atoms with Crippen LogP contribution in [0.3, 0.4) is 0 Å². The van der Waals surface area contributed by atoms with Crippen LogP contribution < -0.4 is 5.32 Å². The first-order valence-corrected chi connectivity index (χ1v) is 6.75. The second-order valence-electron chi connectivity index (χ2n) is 5.34. The van der Waals surface area contributed by atoms with Crippen molar-refractivity contribution in [1.82, 2.24) is 10.2 Å². The van der Waals surface area contributed by atoms with E-state index in [0.717, 1.165) is 56.0 Å². The summed E-state index contributed by atoms with van der Waals surface area (Å²) in [6.07, 6.45) is 4.15. The lowest BCUT2D eigenvalue weighted by molar-refractivity contribution is -0.177. The average Bonchev–Trinajstić information content (AvgIpc) is 2.94. The second-order valence-corrected chi connectivity index (χ2v) is 5.34. The van der Waals surface area contributed by atoms with Crippen LogP contribution in [0.1, 0.15) is 37.1 Å². The topological polar surface area (TPSA) is 59.2 Å². The van der Waals surface area contributed by atoms with Gasteiger partial charge in [0.2, 0.25) is 0 Å². The molecule has 0 radical (unpaired) electrons. The molecule has 0 amide bonds. The van der Waals surface area contributed by atoms with E-state index in [0.29, 0.717) is 6.04 Å². The van der Waals surface area contributed by atoms with Crippen LogP contribution in [-0.4, -0.2) is 35.2 Å². The van der Waals surface area contributed by atoms with Crippen LogP contribution in [0.2, 0.25) is 0 Å². The van der Waals surface area contributed by atoms with E-state index in [1.807, 2.05) is 6.92 Å². The number of aromatic amines is 1. The van der Waals surface area contributed by atoms with Gasteiger partial charge < -0.3 is 14.8 Å². The van der Waals surface area contributed by atoms with Gasteiger partial charge in [-0.3, -0.25) is 5.10 Å². The molecule has 0 bridgehead atoms. The molecule has 2 N–H and O–H groups in total. The summed E-state index contributed by atoms with van der Waals surface area (Å²) in [6, 6.07) is 0.499. The predicted molar refractivity (Wildman–Crippen MR) is 68.6 cm³/mol. The van der Waals surface area contributed by atoms with Gasteiger partial charge in [0, 0.05) is 18.9 Å². The molecule has 0 atom stereocenters. The largest absolute Gasteiger partial charge is 0.379 e. The number of ether oxygens (including phenoxy) is 2. The van der Waals surface area contributed by atoms with Crippen molar-refractivity contribution in [2.75, 3.05) is 18.5 Å². The standard InChI is InChI=1S/C13H21N3O2/c1-9-12(10(2)16-15-9)14-11-3-5-13(6-4-11)17-7-8-18-13/h11,14H,3-8H2,1-2H3,(H,15,16). The first-order chi connectivity index (χ1) is 8.69. The lowest BCUT2D eigenvalue weighted by Crippen LogP contribution is -2.39. The van der Waals surface area contributed by atoms with Crippen LogP contribution in [0.25, 0.3) is 0 Å². The zero-order valence-electron chi connectivity index (χ0n) is 11.1. The zero-order chi connectivity index (χ0) is 12.6. The van der Waals surface area contributed by atoms with Crippen LogP contribution in [0, 0.1) is 13.8 Å². The van der Waals surface area contributed by atoms with Gasteiger partial charge in [-0.25, -0.2) is 0 Å². The van der Waals surface area contributed by atoms with Gasteiger partial charge in [-0.05, 0) is 26.7 Å². The average molecular weight is 251 g/mol. The van der Waals surface area contributed by atoms with Crippen molar-refractivity contribution in [2.45, 2.75) is 51.4 Å². The fourth-order valence-corrected chi connectivity index (χ4v) is 2.96. The first kappa shape index (κ1) is 12.0. The van der Waals surface area contributed by atoms with Gasteiger partial charge in [0.15, 0.2) is 5.79 Å².